The fourth-order valence-electron chi connectivity index (χ4n) is 1.63. The van der Waals surface area contributed by atoms with Crippen LogP contribution < -0.4 is 0 Å². The third kappa shape index (κ3) is 9.64. The Morgan fingerprint density at radius 1 is 0.885 bits per heavy atom. The van der Waals surface area contributed by atoms with Gasteiger partial charge in [-0.1, -0.05) is 0 Å². The molecule has 26 heavy (non-hydrogen) atoms. The van der Waals surface area contributed by atoms with E-state index in [1.54, 1.807) is 55.4 Å². The fourth-order valence-corrected chi connectivity index (χ4v) is 2.94. The molecule has 9 nitrogen and oxygen atoms in total. The molecular formula is C16H31O9P. The lowest BCUT2D eigenvalue weighted by Gasteiger charge is -2.29. The highest BCUT2D eigenvalue weighted by Crippen LogP contribution is 2.51. The molecule has 10 heteroatoms. The van der Waals surface area contributed by atoms with Crippen LogP contribution in [-0.4, -0.2) is 53.7 Å². The number of phosphoric ester groups is 1. The molecule has 0 spiro atoms. The highest BCUT2D eigenvalue weighted by molar-refractivity contribution is 7.48. The molecule has 2 atom stereocenters. The Morgan fingerprint density at radius 3 is 1.62 bits per heavy atom. The molecule has 154 valence electrons. The van der Waals surface area contributed by atoms with Gasteiger partial charge in [0.1, 0.15) is 11.2 Å². The number of esters is 2. The first kappa shape index (κ1) is 25.0. The number of ether oxygens (including phenoxy) is 2. The summed E-state index contributed by atoms with van der Waals surface area (Å²) in [6.45, 7) is 12.5. The van der Waals surface area contributed by atoms with Gasteiger partial charge in [0.25, 0.3) is 0 Å². The molecule has 0 heterocycles. The largest absolute Gasteiger partial charge is 0.475 e. The van der Waals surface area contributed by atoms with E-state index in [0.29, 0.717) is 0 Å². The van der Waals surface area contributed by atoms with E-state index in [9.17, 15) is 19.3 Å². The van der Waals surface area contributed by atoms with Gasteiger partial charge in [-0.3, -0.25) is 13.6 Å². The van der Waals surface area contributed by atoms with Gasteiger partial charge in [0, 0.05) is 0 Å². The molecule has 0 rings (SSSR count). The molecule has 1 N–H and O–H groups in total. The maximum absolute atomic E-state index is 12.6. The summed E-state index contributed by atoms with van der Waals surface area (Å²) in [4.78, 5) is 24.5. The number of carbonyl (C=O) groups is 2. The van der Waals surface area contributed by atoms with E-state index < -0.39 is 43.2 Å². The number of hydrogen-bond donors (Lipinski definition) is 1. The fraction of sp³-hybridized carbons (Fsp3) is 0.875. The molecule has 0 aromatic heterocycles. The molecule has 0 bridgehead atoms. The Kier molecular flexibility index (Phi) is 9.43. The number of phosphoric acid groups is 1. The van der Waals surface area contributed by atoms with Crippen LogP contribution in [0, 0.1) is 0 Å². The van der Waals surface area contributed by atoms with Crippen molar-refractivity contribution in [3.63, 3.8) is 0 Å². The second-order valence-electron chi connectivity index (χ2n) is 7.32. The van der Waals surface area contributed by atoms with Crippen molar-refractivity contribution < 1.29 is 42.3 Å². The molecule has 0 aromatic carbocycles. The predicted molar refractivity (Wildman–Crippen MR) is 93.4 cm³/mol. The van der Waals surface area contributed by atoms with Crippen molar-refractivity contribution in [2.45, 2.75) is 78.8 Å². The van der Waals surface area contributed by atoms with E-state index in [4.69, 9.17) is 23.0 Å². The molecule has 0 unspecified atom stereocenters. The monoisotopic (exact) mass is 398 g/mol. The van der Waals surface area contributed by atoms with Crippen molar-refractivity contribution in [1.82, 2.24) is 0 Å². The second-order valence-corrected chi connectivity index (χ2v) is 8.94. The molecule has 0 aromatic rings. The molecule has 0 aliphatic rings. The van der Waals surface area contributed by atoms with Gasteiger partial charge in [0.05, 0.1) is 13.2 Å². The van der Waals surface area contributed by atoms with Crippen LogP contribution in [0.2, 0.25) is 0 Å². The molecule has 0 fully saturated rings. The average Bonchev–Trinajstić information content (AvgIpc) is 2.40. The Morgan fingerprint density at radius 2 is 1.27 bits per heavy atom. The molecule has 0 aliphatic carbocycles. The average molecular weight is 398 g/mol. The number of aliphatic hydroxyl groups is 1. The summed E-state index contributed by atoms with van der Waals surface area (Å²) in [6, 6.07) is 0. The van der Waals surface area contributed by atoms with E-state index in [-0.39, 0.29) is 13.2 Å². The standard InChI is InChI=1S/C16H31O9P/c1-9-21-26(20,22-10-2)25-12(14(19)24-16(6,7)8)11(17)13(18)23-15(3,4)5/h11-12,17H,9-10H2,1-8H3/t11-,12-/m1/s1. The quantitative estimate of drug-likeness (QED) is 0.462. The minimum Gasteiger partial charge on any atom is -0.458 e. The summed E-state index contributed by atoms with van der Waals surface area (Å²) in [5, 5.41) is 10.3. The molecule has 0 saturated heterocycles. The van der Waals surface area contributed by atoms with Crippen molar-refractivity contribution in [2.24, 2.45) is 0 Å². The van der Waals surface area contributed by atoms with Crippen LogP contribution in [0.1, 0.15) is 55.4 Å². The Hall–Kier alpha value is -0.990. The summed E-state index contributed by atoms with van der Waals surface area (Å²) in [6.07, 6.45) is -4.04. The van der Waals surface area contributed by atoms with E-state index in [1.165, 1.54) is 0 Å². The summed E-state index contributed by atoms with van der Waals surface area (Å²) < 4.78 is 37.8. The highest BCUT2D eigenvalue weighted by atomic mass is 31.2. The highest BCUT2D eigenvalue weighted by Gasteiger charge is 2.44. The van der Waals surface area contributed by atoms with Crippen molar-refractivity contribution in [3.8, 4) is 0 Å². The lowest BCUT2D eigenvalue weighted by atomic mass is 10.1. The van der Waals surface area contributed by atoms with Crippen LogP contribution in [0.4, 0.5) is 0 Å². The van der Waals surface area contributed by atoms with Gasteiger partial charge in [-0.25, -0.2) is 14.2 Å². The van der Waals surface area contributed by atoms with Gasteiger partial charge >= 0.3 is 19.8 Å². The molecule has 0 radical (unpaired) electrons. The van der Waals surface area contributed by atoms with Gasteiger partial charge in [-0.05, 0) is 55.4 Å². The van der Waals surface area contributed by atoms with Crippen molar-refractivity contribution in [3.05, 3.63) is 0 Å². The van der Waals surface area contributed by atoms with Crippen molar-refractivity contribution in [2.75, 3.05) is 13.2 Å². The number of carbonyl (C=O) groups excluding carboxylic acids is 2. The molecular weight excluding hydrogens is 367 g/mol. The smallest absolute Gasteiger partial charge is 0.458 e. The molecule has 0 aliphatic heterocycles. The first-order chi connectivity index (χ1) is 11.6. The molecule has 0 saturated carbocycles. The van der Waals surface area contributed by atoms with Crippen molar-refractivity contribution in [1.29, 1.82) is 0 Å². The number of aliphatic hydroxyl groups excluding tert-OH is 1. The van der Waals surface area contributed by atoms with E-state index in [2.05, 4.69) is 0 Å². The summed E-state index contributed by atoms with van der Waals surface area (Å²) in [5.41, 5.74) is -1.85. The van der Waals surface area contributed by atoms with Crippen LogP contribution in [0.3, 0.4) is 0 Å². The topological polar surface area (TPSA) is 118 Å². The Labute approximate surface area is 154 Å². The Bertz CT molecular complexity index is 509. The zero-order valence-electron chi connectivity index (χ0n) is 16.7. The summed E-state index contributed by atoms with van der Waals surface area (Å²) in [5.74, 6) is -2.23. The third-order valence-electron chi connectivity index (χ3n) is 2.39. The van der Waals surface area contributed by atoms with Crippen LogP contribution in [0.25, 0.3) is 0 Å². The second kappa shape index (κ2) is 9.80. The van der Waals surface area contributed by atoms with E-state index >= 15 is 0 Å². The molecule has 0 amide bonds. The summed E-state index contributed by atoms with van der Waals surface area (Å²) in [7, 11) is -4.21. The van der Waals surface area contributed by atoms with Gasteiger partial charge in [0.2, 0.25) is 6.10 Å². The van der Waals surface area contributed by atoms with Gasteiger partial charge < -0.3 is 14.6 Å². The van der Waals surface area contributed by atoms with Crippen LogP contribution in [0.5, 0.6) is 0 Å². The maximum atomic E-state index is 12.6. The summed E-state index contributed by atoms with van der Waals surface area (Å²) >= 11 is 0. The van der Waals surface area contributed by atoms with Crippen LogP contribution >= 0.6 is 7.82 Å². The predicted octanol–water partition coefficient (Wildman–Crippen LogP) is 2.60. The third-order valence-corrected chi connectivity index (χ3v) is 4.03. The van der Waals surface area contributed by atoms with Gasteiger partial charge in [-0.2, -0.15) is 0 Å². The normalized spacial score (nSPS) is 15.3. The number of hydrogen-bond acceptors (Lipinski definition) is 9. The van der Waals surface area contributed by atoms with Crippen LogP contribution in [-0.2, 0) is 37.2 Å². The van der Waals surface area contributed by atoms with Crippen LogP contribution in [0.15, 0.2) is 0 Å². The van der Waals surface area contributed by atoms with E-state index in [1.807, 2.05) is 0 Å². The zero-order chi connectivity index (χ0) is 20.8. The lowest BCUT2D eigenvalue weighted by molar-refractivity contribution is -0.184. The minimum atomic E-state index is -4.21. The van der Waals surface area contributed by atoms with Crippen molar-refractivity contribution >= 4 is 19.8 Å². The van der Waals surface area contributed by atoms with E-state index in [0.717, 1.165) is 0 Å². The lowest BCUT2D eigenvalue weighted by Crippen LogP contribution is -2.46. The SMILES string of the molecule is CCOP(=O)(OCC)O[C@@H](C(=O)OC(C)(C)C)[C@@H](O)C(=O)OC(C)(C)C. The van der Waals surface area contributed by atoms with Gasteiger partial charge in [0.15, 0.2) is 6.10 Å². The minimum absolute atomic E-state index is 0.0408. The van der Waals surface area contributed by atoms with Gasteiger partial charge in [-0.15, -0.1) is 0 Å². The first-order valence-corrected chi connectivity index (χ1v) is 9.81. The maximum Gasteiger partial charge on any atom is 0.475 e. The Balaban J connectivity index is 5.63. The zero-order valence-corrected chi connectivity index (χ0v) is 17.6. The first-order valence-electron chi connectivity index (χ1n) is 8.35. The number of rotatable bonds is 9.